The van der Waals surface area contributed by atoms with E-state index in [-0.39, 0.29) is 5.56 Å². The van der Waals surface area contributed by atoms with Gasteiger partial charge in [-0.25, -0.2) is 9.78 Å². The van der Waals surface area contributed by atoms with E-state index in [2.05, 4.69) is 4.98 Å². The maximum Gasteiger partial charge on any atom is 0.339 e. The van der Waals surface area contributed by atoms with Crippen LogP contribution in [0.4, 0.5) is 5.82 Å². The number of fused-ring (bicyclic) bond motifs is 1. The highest BCUT2D eigenvalue weighted by molar-refractivity contribution is 6.31. The number of aryl methyl sites for hydroxylation is 1. The molecule has 0 fully saturated rings. The first-order valence-electron chi connectivity index (χ1n) is 5.41. The Morgan fingerprint density at radius 2 is 2.00 bits per heavy atom. The number of anilines is 1. The van der Waals surface area contributed by atoms with Crippen LogP contribution in [-0.4, -0.2) is 30.2 Å². The van der Waals surface area contributed by atoms with Crippen molar-refractivity contribution in [2.45, 2.75) is 6.92 Å². The van der Waals surface area contributed by atoms with E-state index in [0.717, 1.165) is 16.5 Å². The number of nitrogens with zero attached hydrogens (tertiary/aromatic N) is 2. The standard InChI is InChI=1S/C13H13ClN2O2/c1-7-4-9(14)5-8-6-10(13(17)18)12(16(2)3)15-11(7)8/h4-6H,1-3H3,(H,17,18). The van der Waals surface area contributed by atoms with Crippen molar-refractivity contribution in [2.24, 2.45) is 0 Å². The van der Waals surface area contributed by atoms with Crippen LogP contribution in [0.3, 0.4) is 0 Å². The third kappa shape index (κ3) is 2.11. The normalized spacial score (nSPS) is 10.7. The number of hydrogen-bond acceptors (Lipinski definition) is 3. The van der Waals surface area contributed by atoms with Crippen molar-refractivity contribution in [3.8, 4) is 0 Å². The lowest BCUT2D eigenvalue weighted by molar-refractivity contribution is 0.0697. The van der Waals surface area contributed by atoms with Gasteiger partial charge in [-0.05, 0) is 30.7 Å². The molecule has 1 heterocycles. The molecule has 0 spiro atoms. The molecule has 0 amide bonds. The Morgan fingerprint density at radius 1 is 1.33 bits per heavy atom. The minimum absolute atomic E-state index is 0.175. The van der Waals surface area contributed by atoms with Gasteiger partial charge >= 0.3 is 5.97 Å². The van der Waals surface area contributed by atoms with Gasteiger partial charge < -0.3 is 10.0 Å². The number of aromatic carboxylic acids is 1. The Hall–Kier alpha value is -1.81. The number of benzene rings is 1. The molecule has 0 saturated carbocycles. The third-order valence-electron chi connectivity index (χ3n) is 2.71. The fraction of sp³-hybridized carbons (Fsp3) is 0.231. The Balaban J connectivity index is 2.84. The monoisotopic (exact) mass is 264 g/mol. The predicted octanol–water partition coefficient (Wildman–Crippen LogP) is 2.96. The summed E-state index contributed by atoms with van der Waals surface area (Å²) in [6, 6.07) is 5.15. The Bertz CT molecular complexity index is 638. The van der Waals surface area contributed by atoms with E-state index in [0.29, 0.717) is 10.8 Å². The predicted molar refractivity (Wildman–Crippen MR) is 72.8 cm³/mol. The SMILES string of the molecule is Cc1cc(Cl)cc2cc(C(=O)O)c(N(C)C)nc12. The van der Waals surface area contributed by atoms with Crippen molar-refractivity contribution >= 4 is 34.3 Å². The van der Waals surface area contributed by atoms with Crippen LogP contribution in [0.2, 0.25) is 5.02 Å². The Morgan fingerprint density at radius 3 is 2.56 bits per heavy atom. The van der Waals surface area contributed by atoms with Gasteiger partial charge in [0.1, 0.15) is 11.4 Å². The molecular weight excluding hydrogens is 252 g/mol. The van der Waals surface area contributed by atoms with Gasteiger partial charge in [0.2, 0.25) is 0 Å². The molecule has 0 aliphatic rings. The smallest absolute Gasteiger partial charge is 0.339 e. The van der Waals surface area contributed by atoms with Crippen LogP contribution in [0.1, 0.15) is 15.9 Å². The summed E-state index contributed by atoms with van der Waals surface area (Å²) in [5, 5.41) is 10.5. The molecule has 0 aliphatic heterocycles. The topological polar surface area (TPSA) is 53.4 Å². The molecule has 0 aliphatic carbocycles. The van der Waals surface area contributed by atoms with Gasteiger partial charge in [0, 0.05) is 24.5 Å². The average molecular weight is 265 g/mol. The second-order valence-corrected chi connectivity index (χ2v) is 4.79. The highest BCUT2D eigenvalue weighted by Gasteiger charge is 2.16. The van der Waals surface area contributed by atoms with E-state index < -0.39 is 5.97 Å². The number of aromatic nitrogens is 1. The first-order chi connectivity index (χ1) is 8.40. The molecule has 1 N–H and O–H groups in total. The second-order valence-electron chi connectivity index (χ2n) is 4.35. The molecule has 0 unspecified atom stereocenters. The first-order valence-corrected chi connectivity index (χ1v) is 5.79. The summed E-state index contributed by atoms with van der Waals surface area (Å²) in [7, 11) is 3.54. The summed E-state index contributed by atoms with van der Waals surface area (Å²) in [5.74, 6) is -0.550. The fourth-order valence-electron chi connectivity index (χ4n) is 1.91. The van der Waals surface area contributed by atoms with Crippen LogP contribution in [0.5, 0.6) is 0 Å². The van der Waals surface area contributed by atoms with E-state index in [1.165, 1.54) is 0 Å². The largest absolute Gasteiger partial charge is 0.478 e. The minimum Gasteiger partial charge on any atom is -0.478 e. The van der Waals surface area contributed by atoms with Gasteiger partial charge in [-0.1, -0.05) is 11.6 Å². The van der Waals surface area contributed by atoms with E-state index in [4.69, 9.17) is 11.6 Å². The van der Waals surface area contributed by atoms with E-state index >= 15 is 0 Å². The van der Waals surface area contributed by atoms with Gasteiger partial charge in [-0.2, -0.15) is 0 Å². The van der Waals surface area contributed by atoms with Crippen molar-refractivity contribution < 1.29 is 9.90 Å². The number of hydrogen-bond donors (Lipinski definition) is 1. The van der Waals surface area contributed by atoms with Crippen LogP contribution < -0.4 is 4.90 Å². The van der Waals surface area contributed by atoms with Gasteiger partial charge in [-0.3, -0.25) is 0 Å². The molecule has 0 radical (unpaired) electrons. The lowest BCUT2D eigenvalue weighted by Crippen LogP contribution is -2.16. The molecule has 5 heteroatoms. The number of carboxylic acid groups (broad SMARTS) is 1. The summed E-state index contributed by atoms with van der Waals surface area (Å²) >= 11 is 5.97. The third-order valence-corrected chi connectivity index (χ3v) is 2.93. The number of pyridine rings is 1. The maximum atomic E-state index is 11.2. The zero-order valence-electron chi connectivity index (χ0n) is 10.4. The number of carboxylic acids is 1. The van der Waals surface area contributed by atoms with Gasteiger partial charge in [0.15, 0.2) is 0 Å². The first kappa shape index (κ1) is 12.6. The molecule has 18 heavy (non-hydrogen) atoms. The molecule has 0 bridgehead atoms. The number of halogens is 1. The van der Waals surface area contributed by atoms with Crippen LogP contribution in [0.15, 0.2) is 18.2 Å². The highest BCUT2D eigenvalue weighted by atomic mass is 35.5. The molecule has 2 aromatic rings. The molecule has 2 rings (SSSR count). The molecule has 94 valence electrons. The molecule has 0 saturated heterocycles. The summed E-state index contributed by atoms with van der Waals surface area (Å²) < 4.78 is 0. The molecular formula is C13H13ClN2O2. The zero-order chi connectivity index (χ0) is 13.4. The summed E-state index contributed by atoms with van der Waals surface area (Å²) in [4.78, 5) is 17.4. The summed E-state index contributed by atoms with van der Waals surface area (Å²) in [6.45, 7) is 1.90. The van der Waals surface area contributed by atoms with Crippen molar-refractivity contribution in [3.63, 3.8) is 0 Å². The van der Waals surface area contributed by atoms with Crippen LogP contribution in [-0.2, 0) is 0 Å². The Kier molecular flexibility index (Phi) is 3.13. The zero-order valence-corrected chi connectivity index (χ0v) is 11.1. The van der Waals surface area contributed by atoms with Crippen molar-refractivity contribution in [3.05, 3.63) is 34.3 Å². The van der Waals surface area contributed by atoms with Gasteiger partial charge in [0.05, 0.1) is 5.52 Å². The lowest BCUT2D eigenvalue weighted by Gasteiger charge is -2.16. The highest BCUT2D eigenvalue weighted by Crippen LogP contribution is 2.27. The quantitative estimate of drug-likeness (QED) is 0.906. The van der Waals surface area contributed by atoms with Crippen molar-refractivity contribution in [2.75, 3.05) is 19.0 Å². The van der Waals surface area contributed by atoms with E-state index in [1.807, 2.05) is 13.0 Å². The van der Waals surface area contributed by atoms with E-state index in [1.54, 1.807) is 31.1 Å². The van der Waals surface area contributed by atoms with Crippen molar-refractivity contribution in [1.82, 2.24) is 4.98 Å². The Labute approximate surface area is 110 Å². The van der Waals surface area contributed by atoms with Gasteiger partial charge in [-0.15, -0.1) is 0 Å². The maximum absolute atomic E-state index is 11.2. The van der Waals surface area contributed by atoms with E-state index in [9.17, 15) is 9.90 Å². The van der Waals surface area contributed by atoms with Crippen LogP contribution in [0, 0.1) is 6.92 Å². The van der Waals surface area contributed by atoms with Crippen LogP contribution in [0.25, 0.3) is 10.9 Å². The minimum atomic E-state index is -0.995. The molecule has 1 aromatic carbocycles. The summed E-state index contributed by atoms with van der Waals surface area (Å²) in [5.41, 5.74) is 1.87. The van der Waals surface area contributed by atoms with Crippen LogP contribution >= 0.6 is 11.6 Å². The fourth-order valence-corrected chi connectivity index (χ4v) is 2.19. The number of carbonyl (C=O) groups is 1. The molecule has 4 nitrogen and oxygen atoms in total. The lowest BCUT2D eigenvalue weighted by atomic mass is 10.1. The summed E-state index contributed by atoms with van der Waals surface area (Å²) in [6.07, 6.45) is 0. The molecule has 1 aromatic heterocycles. The molecule has 0 atom stereocenters. The van der Waals surface area contributed by atoms with Crippen molar-refractivity contribution in [1.29, 1.82) is 0 Å². The average Bonchev–Trinajstić information content (AvgIpc) is 2.26. The number of rotatable bonds is 2. The second kappa shape index (κ2) is 4.46. The van der Waals surface area contributed by atoms with Gasteiger partial charge in [0.25, 0.3) is 0 Å².